The van der Waals surface area contributed by atoms with Crippen molar-refractivity contribution < 1.29 is 0 Å². The number of aryl methyl sites for hydroxylation is 2. The number of halogens is 1. The zero-order valence-corrected chi connectivity index (χ0v) is 15.8. The van der Waals surface area contributed by atoms with Gasteiger partial charge in [-0.2, -0.15) is 15.1 Å². The molecule has 0 aliphatic heterocycles. The Hall–Kier alpha value is -3.12. The number of hydrogen-bond acceptors (Lipinski definition) is 5. The molecule has 0 radical (unpaired) electrons. The van der Waals surface area contributed by atoms with Gasteiger partial charge in [0.1, 0.15) is 5.82 Å². The molecule has 0 aliphatic rings. The van der Waals surface area contributed by atoms with Gasteiger partial charge in [-0.15, -0.1) is 0 Å². The predicted molar refractivity (Wildman–Crippen MR) is 110 cm³/mol. The Morgan fingerprint density at radius 3 is 2.67 bits per heavy atom. The SMILES string of the molecule is Cc1ccc(CNc2nc(Nc3cccc(Cl)c3)c3cnn(C)c3n2)cc1. The molecule has 136 valence electrons. The van der Waals surface area contributed by atoms with E-state index in [1.807, 2.05) is 31.3 Å². The molecule has 0 saturated heterocycles. The molecule has 2 aromatic carbocycles. The zero-order chi connectivity index (χ0) is 18.8. The first-order valence-corrected chi connectivity index (χ1v) is 8.98. The van der Waals surface area contributed by atoms with Crippen LogP contribution in [0.2, 0.25) is 5.02 Å². The summed E-state index contributed by atoms with van der Waals surface area (Å²) >= 11 is 6.09. The van der Waals surface area contributed by atoms with E-state index in [4.69, 9.17) is 11.6 Å². The molecule has 0 unspecified atom stereocenters. The molecule has 0 atom stereocenters. The number of rotatable bonds is 5. The summed E-state index contributed by atoms with van der Waals surface area (Å²) < 4.78 is 1.73. The first-order chi connectivity index (χ1) is 13.1. The Morgan fingerprint density at radius 2 is 1.89 bits per heavy atom. The Morgan fingerprint density at radius 1 is 1.07 bits per heavy atom. The first-order valence-electron chi connectivity index (χ1n) is 8.60. The van der Waals surface area contributed by atoms with E-state index >= 15 is 0 Å². The van der Waals surface area contributed by atoms with Crippen molar-refractivity contribution in [3.8, 4) is 0 Å². The Labute approximate surface area is 162 Å². The highest BCUT2D eigenvalue weighted by Gasteiger charge is 2.12. The minimum atomic E-state index is 0.538. The molecule has 2 N–H and O–H groups in total. The minimum absolute atomic E-state index is 0.538. The fourth-order valence-corrected chi connectivity index (χ4v) is 2.98. The Bertz CT molecular complexity index is 1090. The normalized spacial score (nSPS) is 10.9. The molecule has 0 saturated carbocycles. The van der Waals surface area contributed by atoms with Crippen LogP contribution in [-0.2, 0) is 13.6 Å². The highest BCUT2D eigenvalue weighted by atomic mass is 35.5. The van der Waals surface area contributed by atoms with Crippen LogP contribution < -0.4 is 10.6 Å². The molecule has 4 rings (SSSR count). The van der Waals surface area contributed by atoms with E-state index < -0.39 is 0 Å². The molecular weight excluding hydrogens is 360 g/mol. The fraction of sp³-hybridized carbons (Fsp3) is 0.150. The van der Waals surface area contributed by atoms with Crippen LogP contribution in [0.3, 0.4) is 0 Å². The maximum atomic E-state index is 6.09. The van der Waals surface area contributed by atoms with Gasteiger partial charge in [-0.1, -0.05) is 47.5 Å². The summed E-state index contributed by atoms with van der Waals surface area (Å²) in [5.74, 6) is 1.22. The maximum absolute atomic E-state index is 6.09. The zero-order valence-electron chi connectivity index (χ0n) is 15.1. The third-order valence-corrected chi connectivity index (χ3v) is 4.49. The number of nitrogens with one attached hydrogen (secondary N) is 2. The van der Waals surface area contributed by atoms with E-state index in [9.17, 15) is 0 Å². The van der Waals surface area contributed by atoms with Crippen LogP contribution in [0.1, 0.15) is 11.1 Å². The van der Waals surface area contributed by atoms with Gasteiger partial charge in [0.25, 0.3) is 0 Å². The first kappa shape index (κ1) is 17.3. The molecule has 0 amide bonds. The van der Waals surface area contributed by atoms with Crippen molar-refractivity contribution in [1.29, 1.82) is 0 Å². The second-order valence-corrected chi connectivity index (χ2v) is 6.81. The van der Waals surface area contributed by atoms with Gasteiger partial charge in [-0.25, -0.2) is 0 Å². The minimum Gasteiger partial charge on any atom is -0.350 e. The standard InChI is InChI=1S/C20H19ClN6/c1-13-6-8-14(9-7-13)11-22-20-25-18(17-12-23-27(2)19(17)26-20)24-16-5-3-4-15(21)10-16/h3-10,12H,11H2,1-2H3,(H2,22,24,25,26). The average molecular weight is 379 g/mol. The summed E-state index contributed by atoms with van der Waals surface area (Å²) in [6, 6.07) is 15.9. The number of aromatic nitrogens is 4. The Kier molecular flexibility index (Phi) is 4.64. The number of hydrogen-bond donors (Lipinski definition) is 2. The summed E-state index contributed by atoms with van der Waals surface area (Å²) in [5, 5.41) is 12.4. The lowest BCUT2D eigenvalue weighted by Crippen LogP contribution is -2.07. The molecule has 0 bridgehead atoms. The highest BCUT2D eigenvalue weighted by Crippen LogP contribution is 2.26. The lowest BCUT2D eigenvalue weighted by molar-refractivity contribution is 0.785. The van der Waals surface area contributed by atoms with Crippen molar-refractivity contribution >= 4 is 40.1 Å². The summed E-state index contributed by atoms with van der Waals surface area (Å²) in [4.78, 5) is 9.24. The largest absolute Gasteiger partial charge is 0.350 e. The fourth-order valence-electron chi connectivity index (χ4n) is 2.79. The summed E-state index contributed by atoms with van der Waals surface area (Å²) in [6.45, 7) is 2.71. The molecule has 0 fully saturated rings. The van der Waals surface area contributed by atoms with Gasteiger partial charge in [0.2, 0.25) is 5.95 Å². The molecule has 7 heteroatoms. The molecule has 0 aliphatic carbocycles. The van der Waals surface area contributed by atoms with Crippen LogP contribution in [0.15, 0.2) is 54.7 Å². The smallest absolute Gasteiger partial charge is 0.227 e. The van der Waals surface area contributed by atoms with E-state index in [0.717, 1.165) is 16.7 Å². The molecule has 0 spiro atoms. The van der Waals surface area contributed by atoms with Crippen LogP contribution in [0, 0.1) is 6.92 Å². The van der Waals surface area contributed by atoms with Gasteiger partial charge in [-0.3, -0.25) is 4.68 Å². The van der Waals surface area contributed by atoms with Crippen LogP contribution >= 0.6 is 11.6 Å². The van der Waals surface area contributed by atoms with E-state index in [2.05, 4.69) is 56.9 Å². The number of nitrogens with zero attached hydrogens (tertiary/aromatic N) is 4. The number of benzene rings is 2. The molecule has 2 heterocycles. The van der Waals surface area contributed by atoms with Crippen LogP contribution in [0.25, 0.3) is 11.0 Å². The van der Waals surface area contributed by atoms with Crippen molar-refractivity contribution in [2.45, 2.75) is 13.5 Å². The van der Waals surface area contributed by atoms with Crippen molar-refractivity contribution in [2.75, 3.05) is 10.6 Å². The van der Waals surface area contributed by atoms with Crippen molar-refractivity contribution in [2.24, 2.45) is 7.05 Å². The van der Waals surface area contributed by atoms with Crippen molar-refractivity contribution in [1.82, 2.24) is 19.7 Å². The Balaban J connectivity index is 1.65. The predicted octanol–water partition coefficient (Wildman–Crippen LogP) is 4.68. The van der Waals surface area contributed by atoms with E-state index in [1.165, 1.54) is 11.1 Å². The highest BCUT2D eigenvalue weighted by molar-refractivity contribution is 6.30. The van der Waals surface area contributed by atoms with E-state index in [-0.39, 0.29) is 0 Å². The van der Waals surface area contributed by atoms with Crippen LogP contribution in [0.5, 0.6) is 0 Å². The van der Waals surface area contributed by atoms with Crippen LogP contribution in [0.4, 0.5) is 17.5 Å². The molecule has 2 aromatic heterocycles. The lowest BCUT2D eigenvalue weighted by atomic mass is 10.1. The van der Waals surface area contributed by atoms with Gasteiger partial charge in [0.15, 0.2) is 5.65 Å². The molecule has 6 nitrogen and oxygen atoms in total. The topological polar surface area (TPSA) is 67.7 Å². The number of fused-ring (bicyclic) bond motifs is 1. The van der Waals surface area contributed by atoms with E-state index in [1.54, 1.807) is 10.9 Å². The van der Waals surface area contributed by atoms with Crippen molar-refractivity contribution in [3.05, 3.63) is 70.9 Å². The average Bonchev–Trinajstić information content (AvgIpc) is 3.03. The van der Waals surface area contributed by atoms with Gasteiger partial charge in [0, 0.05) is 24.3 Å². The quantitative estimate of drug-likeness (QED) is 0.527. The second-order valence-electron chi connectivity index (χ2n) is 6.38. The second kappa shape index (κ2) is 7.25. The summed E-state index contributed by atoms with van der Waals surface area (Å²) in [5.41, 5.74) is 4.01. The van der Waals surface area contributed by atoms with E-state index in [0.29, 0.717) is 23.3 Å². The molecule has 4 aromatic rings. The summed E-state index contributed by atoms with van der Waals surface area (Å²) in [7, 11) is 1.86. The monoisotopic (exact) mass is 378 g/mol. The van der Waals surface area contributed by atoms with Gasteiger partial charge >= 0.3 is 0 Å². The lowest BCUT2D eigenvalue weighted by Gasteiger charge is -2.11. The van der Waals surface area contributed by atoms with Crippen LogP contribution in [-0.4, -0.2) is 19.7 Å². The summed E-state index contributed by atoms with van der Waals surface area (Å²) in [6.07, 6.45) is 1.76. The third kappa shape index (κ3) is 3.85. The molecular formula is C20H19ClN6. The number of anilines is 3. The van der Waals surface area contributed by atoms with Gasteiger partial charge in [-0.05, 0) is 30.7 Å². The van der Waals surface area contributed by atoms with Gasteiger partial charge < -0.3 is 10.6 Å². The molecule has 27 heavy (non-hydrogen) atoms. The third-order valence-electron chi connectivity index (χ3n) is 4.25. The van der Waals surface area contributed by atoms with Gasteiger partial charge in [0.05, 0.1) is 11.6 Å². The van der Waals surface area contributed by atoms with Crippen molar-refractivity contribution in [3.63, 3.8) is 0 Å². The maximum Gasteiger partial charge on any atom is 0.227 e.